The Kier molecular flexibility index (Phi) is 3.02. The van der Waals surface area contributed by atoms with E-state index in [0.717, 1.165) is 24.5 Å². The van der Waals surface area contributed by atoms with Crippen LogP contribution in [0.3, 0.4) is 0 Å². The van der Waals surface area contributed by atoms with Gasteiger partial charge in [-0.1, -0.05) is 6.07 Å². The molecule has 0 saturated carbocycles. The Morgan fingerprint density at radius 3 is 2.38 bits per heavy atom. The first-order valence-electron chi connectivity index (χ1n) is 6.00. The van der Waals surface area contributed by atoms with Crippen LogP contribution in [0.4, 0.5) is 8.78 Å². The van der Waals surface area contributed by atoms with Crippen molar-refractivity contribution in [3.05, 3.63) is 48.0 Å². The molecule has 0 aliphatic carbocycles. The second kappa shape index (κ2) is 4.63. The number of rotatable bonds is 2. The van der Waals surface area contributed by atoms with Crippen molar-refractivity contribution in [2.24, 2.45) is 0 Å². The van der Waals surface area contributed by atoms with E-state index in [9.17, 15) is 17.2 Å². The summed E-state index contributed by atoms with van der Waals surface area (Å²) in [6.45, 7) is 0. The summed E-state index contributed by atoms with van der Waals surface area (Å²) in [6, 6.07) is 7.67. The van der Waals surface area contributed by atoms with Gasteiger partial charge in [0.2, 0.25) is 0 Å². The Hall–Kier alpha value is -2.28. The molecule has 4 nitrogen and oxygen atoms in total. The summed E-state index contributed by atoms with van der Waals surface area (Å²) in [4.78, 5) is 7.10. The van der Waals surface area contributed by atoms with Gasteiger partial charge >= 0.3 is 0 Å². The third-order valence-corrected chi connectivity index (χ3v) is 4.14. The van der Waals surface area contributed by atoms with E-state index in [0.29, 0.717) is 5.52 Å². The Labute approximate surface area is 119 Å². The van der Waals surface area contributed by atoms with Gasteiger partial charge in [0, 0.05) is 17.9 Å². The SMILES string of the molecule is CS(=O)(=O)c1cccc2[nH]c(-c3cc(F)cc(F)c3)nc12. The smallest absolute Gasteiger partial charge is 0.177 e. The highest BCUT2D eigenvalue weighted by Crippen LogP contribution is 2.26. The van der Waals surface area contributed by atoms with E-state index < -0.39 is 21.5 Å². The molecule has 0 bridgehead atoms. The number of hydrogen-bond acceptors (Lipinski definition) is 3. The van der Waals surface area contributed by atoms with Crippen molar-refractivity contribution >= 4 is 20.9 Å². The fraction of sp³-hybridized carbons (Fsp3) is 0.0714. The summed E-state index contributed by atoms with van der Waals surface area (Å²) in [5.41, 5.74) is 0.945. The number of hydrogen-bond donors (Lipinski definition) is 1. The van der Waals surface area contributed by atoms with Crippen LogP contribution in [0.2, 0.25) is 0 Å². The molecule has 21 heavy (non-hydrogen) atoms. The average Bonchev–Trinajstić information content (AvgIpc) is 2.79. The molecule has 7 heteroatoms. The van der Waals surface area contributed by atoms with Gasteiger partial charge in [0.25, 0.3) is 0 Å². The van der Waals surface area contributed by atoms with Gasteiger partial charge in [0.1, 0.15) is 23.0 Å². The minimum atomic E-state index is -3.45. The maximum atomic E-state index is 13.3. The van der Waals surface area contributed by atoms with Crippen LogP contribution >= 0.6 is 0 Å². The number of nitrogens with one attached hydrogen (secondary N) is 1. The van der Waals surface area contributed by atoms with Crippen LogP contribution in [0.25, 0.3) is 22.4 Å². The molecule has 0 aliphatic rings. The van der Waals surface area contributed by atoms with Gasteiger partial charge in [0.15, 0.2) is 9.84 Å². The third-order valence-electron chi connectivity index (χ3n) is 3.01. The highest BCUT2D eigenvalue weighted by atomic mass is 32.2. The Morgan fingerprint density at radius 1 is 1.10 bits per heavy atom. The average molecular weight is 308 g/mol. The summed E-state index contributed by atoms with van der Waals surface area (Å²) >= 11 is 0. The van der Waals surface area contributed by atoms with Crippen LogP contribution in [0.15, 0.2) is 41.3 Å². The van der Waals surface area contributed by atoms with E-state index in [1.807, 2.05) is 0 Å². The molecule has 108 valence electrons. The molecule has 3 aromatic rings. The Morgan fingerprint density at radius 2 is 1.76 bits per heavy atom. The quantitative estimate of drug-likeness (QED) is 0.792. The molecule has 2 aromatic carbocycles. The molecule has 0 radical (unpaired) electrons. The zero-order valence-electron chi connectivity index (χ0n) is 10.9. The lowest BCUT2D eigenvalue weighted by atomic mass is 10.2. The van der Waals surface area contributed by atoms with E-state index >= 15 is 0 Å². The van der Waals surface area contributed by atoms with Crippen LogP contribution in [-0.2, 0) is 9.84 Å². The van der Waals surface area contributed by atoms with Crippen LogP contribution in [-0.4, -0.2) is 24.6 Å². The standard InChI is InChI=1S/C14H10F2N2O2S/c1-21(19,20)12-4-2-3-11-13(12)18-14(17-11)8-5-9(15)7-10(16)6-8/h2-7H,1H3,(H,17,18). The summed E-state index contributed by atoms with van der Waals surface area (Å²) in [5.74, 6) is -1.25. The molecule has 1 N–H and O–H groups in total. The van der Waals surface area contributed by atoms with Gasteiger partial charge in [-0.3, -0.25) is 0 Å². The van der Waals surface area contributed by atoms with Crippen molar-refractivity contribution in [1.82, 2.24) is 9.97 Å². The minimum Gasteiger partial charge on any atom is -0.338 e. The van der Waals surface area contributed by atoms with E-state index in [-0.39, 0.29) is 21.8 Å². The molecule has 1 heterocycles. The summed E-state index contributed by atoms with van der Waals surface area (Å²) < 4.78 is 50.0. The number of aromatic amines is 1. The Balaban J connectivity index is 2.27. The van der Waals surface area contributed by atoms with Gasteiger partial charge in [0.05, 0.1) is 10.4 Å². The van der Waals surface area contributed by atoms with Crippen molar-refractivity contribution in [2.75, 3.05) is 6.26 Å². The summed E-state index contributed by atoms with van der Waals surface area (Å²) in [7, 11) is -3.45. The largest absolute Gasteiger partial charge is 0.338 e. The van der Waals surface area contributed by atoms with Gasteiger partial charge in [-0.2, -0.15) is 0 Å². The number of imidazole rings is 1. The fourth-order valence-corrected chi connectivity index (χ4v) is 2.96. The zero-order chi connectivity index (χ0) is 15.2. The zero-order valence-corrected chi connectivity index (χ0v) is 11.7. The molecule has 0 unspecified atom stereocenters. The second-order valence-corrected chi connectivity index (χ2v) is 6.65. The first-order chi connectivity index (χ1) is 9.84. The van der Waals surface area contributed by atoms with Crippen LogP contribution in [0, 0.1) is 11.6 Å². The second-order valence-electron chi connectivity index (χ2n) is 4.67. The fourth-order valence-electron chi connectivity index (χ4n) is 2.13. The van der Waals surface area contributed by atoms with Crippen molar-refractivity contribution < 1.29 is 17.2 Å². The summed E-state index contributed by atoms with van der Waals surface area (Å²) in [5, 5.41) is 0. The number of H-pyrrole nitrogens is 1. The predicted octanol–water partition coefficient (Wildman–Crippen LogP) is 2.91. The molecular formula is C14H10F2N2O2S. The van der Waals surface area contributed by atoms with Crippen LogP contribution in [0.5, 0.6) is 0 Å². The molecule has 1 aromatic heterocycles. The number of fused-ring (bicyclic) bond motifs is 1. The van der Waals surface area contributed by atoms with E-state index in [1.54, 1.807) is 12.1 Å². The van der Waals surface area contributed by atoms with E-state index in [4.69, 9.17) is 0 Å². The maximum absolute atomic E-state index is 13.3. The van der Waals surface area contributed by atoms with Gasteiger partial charge in [-0.25, -0.2) is 22.2 Å². The van der Waals surface area contributed by atoms with E-state index in [2.05, 4.69) is 9.97 Å². The number of para-hydroxylation sites is 1. The maximum Gasteiger partial charge on any atom is 0.177 e. The highest BCUT2D eigenvalue weighted by molar-refractivity contribution is 7.91. The summed E-state index contributed by atoms with van der Waals surface area (Å²) in [6.07, 6.45) is 1.08. The molecule has 0 fully saturated rings. The normalized spacial score (nSPS) is 12.0. The van der Waals surface area contributed by atoms with Crippen LogP contribution in [0.1, 0.15) is 0 Å². The monoisotopic (exact) mass is 308 g/mol. The van der Waals surface area contributed by atoms with Crippen molar-refractivity contribution in [3.8, 4) is 11.4 Å². The van der Waals surface area contributed by atoms with Crippen molar-refractivity contribution in [3.63, 3.8) is 0 Å². The molecular weight excluding hydrogens is 298 g/mol. The van der Waals surface area contributed by atoms with Crippen molar-refractivity contribution in [2.45, 2.75) is 4.90 Å². The van der Waals surface area contributed by atoms with Gasteiger partial charge in [-0.05, 0) is 24.3 Å². The molecule has 0 saturated heterocycles. The van der Waals surface area contributed by atoms with Crippen LogP contribution < -0.4 is 0 Å². The van der Waals surface area contributed by atoms with Crippen molar-refractivity contribution in [1.29, 1.82) is 0 Å². The predicted molar refractivity (Wildman–Crippen MR) is 74.6 cm³/mol. The number of sulfone groups is 1. The van der Waals surface area contributed by atoms with Gasteiger partial charge < -0.3 is 4.98 Å². The lowest BCUT2D eigenvalue weighted by Crippen LogP contribution is -1.97. The Bertz CT molecular complexity index is 929. The first kappa shape index (κ1) is 13.7. The number of nitrogens with zero attached hydrogens (tertiary/aromatic N) is 1. The topological polar surface area (TPSA) is 62.8 Å². The molecule has 0 atom stereocenters. The first-order valence-corrected chi connectivity index (χ1v) is 7.89. The van der Waals surface area contributed by atoms with Gasteiger partial charge in [-0.15, -0.1) is 0 Å². The number of benzene rings is 2. The lowest BCUT2D eigenvalue weighted by Gasteiger charge is -1.98. The third kappa shape index (κ3) is 2.52. The number of aromatic nitrogens is 2. The number of halogens is 2. The molecule has 0 aliphatic heterocycles. The lowest BCUT2D eigenvalue weighted by molar-refractivity contribution is 0.584. The molecule has 3 rings (SSSR count). The molecule has 0 spiro atoms. The highest BCUT2D eigenvalue weighted by Gasteiger charge is 2.16. The molecule has 0 amide bonds. The minimum absolute atomic E-state index is 0.0689. The van der Waals surface area contributed by atoms with E-state index in [1.165, 1.54) is 6.07 Å².